The number of hydrogen-bond acceptors (Lipinski definition) is 7. The highest BCUT2D eigenvalue weighted by molar-refractivity contribution is 5.85. The predicted molar refractivity (Wildman–Crippen MR) is 103 cm³/mol. The first-order valence-corrected chi connectivity index (χ1v) is 9.09. The van der Waals surface area contributed by atoms with E-state index in [4.69, 9.17) is 10.7 Å². The van der Waals surface area contributed by atoms with E-state index in [-0.39, 0.29) is 0 Å². The minimum absolute atomic E-state index is 0.381. The van der Waals surface area contributed by atoms with Gasteiger partial charge in [-0.05, 0) is 31.5 Å². The summed E-state index contributed by atoms with van der Waals surface area (Å²) in [5.74, 6) is 1.69. The maximum Gasteiger partial charge on any atom is 0.189 e. The van der Waals surface area contributed by atoms with E-state index in [1.165, 1.54) is 0 Å². The first-order valence-electron chi connectivity index (χ1n) is 9.09. The largest absolute Gasteiger partial charge is 0.379 e. The maximum atomic E-state index is 6.10. The van der Waals surface area contributed by atoms with Crippen molar-refractivity contribution in [3.05, 3.63) is 23.9 Å². The molecule has 1 aromatic carbocycles. The number of benzene rings is 1. The second kappa shape index (κ2) is 6.87. The lowest BCUT2D eigenvalue weighted by Gasteiger charge is -2.34. The normalized spacial score (nSPS) is 17.8. The molecule has 0 spiro atoms. The van der Waals surface area contributed by atoms with Crippen LogP contribution in [0.2, 0.25) is 0 Å². The third kappa shape index (κ3) is 3.08. The highest BCUT2D eigenvalue weighted by Gasteiger charge is 2.23. The zero-order valence-electron chi connectivity index (χ0n) is 15.2. The molecule has 8 heteroatoms. The van der Waals surface area contributed by atoms with Gasteiger partial charge >= 0.3 is 0 Å². The molecule has 1 atom stereocenters. The van der Waals surface area contributed by atoms with E-state index in [2.05, 4.69) is 37.5 Å². The fourth-order valence-corrected chi connectivity index (χ4v) is 3.52. The molecule has 8 nitrogen and oxygen atoms in total. The average Bonchev–Trinajstić information content (AvgIpc) is 3.03. The average molecular weight is 352 g/mol. The molecule has 0 bridgehead atoms. The van der Waals surface area contributed by atoms with Crippen LogP contribution < -0.4 is 16.0 Å². The predicted octanol–water partition coefficient (Wildman–Crippen LogP) is 1.88. The lowest BCUT2D eigenvalue weighted by atomic mass is 10.1. The van der Waals surface area contributed by atoms with Crippen LogP contribution in [0.25, 0.3) is 22.3 Å². The molecule has 1 saturated heterocycles. The van der Waals surface area contributed by atoms with E-state index in [1.807, 2.05) is 25.1 Å². The van der Waals surface area contributed by atoms with E-state index < -0.39 is 0 Å². The van der Waals surface area contributed by atoms with Crippen molar-refractivity contribution in [2.24, 2.45) is 0 Å². The highest BCUT2D eigenvalue weighted by atomic mass is 15.3. The van der Waals surface area contributed by atoms with Gasteiger partial charge in [0.1, 0.15) is 0 Å². The molecule has 0 radical (unpaired) electrons. The molecular formula is C18H24N8. The van der Waals surface area contributed by atoms with Crippen LogP contribution in [0.5, 0.6) is 0 Å². The van der Waals surface area contributed by atoms with Crippen LogP contribution in [-0.2, 0) is 0 Å². The molecule has 26 heavy (non-hydrogen) atoms. The second-order valence-electron chi connectivity index (χ2n) is 6.81. The van der Waals surface area contributed by atoms with Crippen LogP contribution in [0.4, 0.5) is 11.6 Å². The van der Waals surface area contributed by atoms with Crippen LogP contribution in [-0.4, -0.2) is 51.1 Å². The smallest absolute Gasteiger partial charge is 0.189 e. The fraction of sp³-hybridized carbons (Fsp3) is 0.444. The minimum Gasteiger partial charge on any atom is -0.379 e. The molecule has 1 aliphatic rings. The Hall–Kier alpha value is -2.74. The van der Waals surface area contributed by atoms with Crippen molar-refractivity contribution in [3.63, 3.8) is 0 Å². The monoisotopic (exact) mass is 352 g/mol. The lowest BCUT2D eigenvalue weighted by molar-refractivity contribution is 0.429. The molecule has 2 aromatic heterocycles. The van der Waals surface area contributed by atoms with Gasteiger partial charge in [0.2, 0.25) is 0 Å². The summed E-state index contributed by atoms with van der Waals surface area (Å²) in [5, 5.41) is 20.3. The molecule has 0 amide bonds. The summed E-state index contributed by atoms with van der Waals surface area (Å²) in [5.41, 5.74) is 8.97. The van der Waals surface area contributed by atoms with Gasteiger partial charge in [-0.3, -0.25) is 5.10 Å². The number of aromatic nitrogens is 5. The molecule has 136 valence electrons. The third-order valence-electron chi connectivity index (χ3n) is 4.89. The van der Waals surface area contributed by atoms with Crippen LogP contribution in [0.1, 0.15) is 25.5 Å². The molecule has 1 fully saturated rings. The Bertz CT molecular complexity index is 917. The first-order chi connectivity index (χ1) is 12.7. The van der Waals surface area contributed by atoms with Gasteiger partial charge in [-0.2, -0.15) is 5.10 Å². The Morgan fingerprint density at radius 1 is 1.31 bits per heavy atom. The molecule has 3 heterocycles. The minimum atomic E-state index is 0.381. The van der Waals surface area contributed by atoms with Gasteiger partial charge in [0.15, 0.2) is 17.5 Å². The van der Waals surface area contributed by atoms with Gasteiger partial charge in [0, 0.05) is 42.3 Å². The molecule has 0 unspecified atom stereocenters. The second-order valence-corrected chi connectivity index (χ2v) is 6.81. The molecule has 1 aliphatic heterocycles. The SMILES string of the molecule is CCC[C@@H]1CN(c2nc(-c3ccc4n[nH]c(C)c4c3)nnc2N)CCN1. The first kappa shape index (κ1) is 16.7. The van der Waals surface area contributed by atoms with Gasteiger partial charge in [-0.25, -0.2) is 4.98 Å². The van der Waals surface area contributed by atoms with E-state index in [9.17, 15) is 0 Å². The Kier molecular flexibility index (Phi) is 4.42. The summed E-state index contributed by atoms with van der Waals surface area (Å²) >= 11 is 0. The number of anilines is 2. The van der Waals surface area contributed by atoms with Crippen LogP contribution in [0.3, 0.4) is 0 Å². The number of H-pyrrole nitrogens is 1. The number of aryl methyl sites for hydroxylation is 1. The quantitative estimate of drug-likeness (QED) is 0.658. The highest BCUT2D eigenvalue weighted by Crippen LogP contribution is 2.26. The Balaban J connectivity index is 1.68. The Morgan fingerprint density at radius 3 is 3.04 bits per heavy atom. The summed E-state index contributed by atoms with van der Waals surface area (Å²) < 4.78 is 0. The summed E-state index contributed by atoms with van der Waals surface area (Å²) in [6.45, 7) is 6.87. The van der Waals surface area contributed by atoms with Crippen molar-refractivity contribution in [3.8, 4) is 11.4 Å². The van der Waals surface area contributed by atoms with E-state index in [0.717, 1.165) is 60.5 Å². The molecule has 4 N–H and O–H groups in total. The van der Waals surface area contributed by atoms with Gasteiger partial charge in [0.25, 0.3) is 0 Å². The molecular weight excluding hydrogens is 328 g/mol. The van der Waals surface area contributed by atoms with Crippen molar-refractivity contribution in [2.75, 3.05) is 30.3 Å². The molecule has 0 saturated carbocycles. The summed E-state index contributed by atoms with van der Waals surface area (Å²) in [6, 6.07) is 6.44. The van der Waals surface area contributed by atoms with E-state index >= 15 is 0 Å². The van der Waals surface area contributed by atoms with Crippen molar-refractivity contribution >= 4 is 22.5 Å². The molecule has 0 aliphatic carbocycles. The zero-order valence-corrected chi connectivity index (χ0v) is 15.2. The van der Waals surface area contributed by atoms with Gasteiger partial charge in [-0.15, -0.1) is 10.2 Å². The number of rotatable bonds is 4. The molecule has 4 rings (SSSR count). The number of nitrogens with zero attached hydrogens (tertiary/aromatic N) is 5. The number of fused-ring (bicyclic) bond motifs is 1. The number of aromatic amines is 1. The Labute approximate surface area is 152 Å². The zero-order chi connectivity index (χ0) is 18.1. The van der Waals surface area contributed by atoms with E-state index in [1.54, 1.807) is 0 Å². The molecule has 3 aromatic rings. The number of hydrogen-bond donors (Lipinski definition) is 3. The third-order valence-corrected chi connectivity index (χ3v) is 4.89. The number of nitrogens with one attached hydrogen (secondary N) is 2. The summed E-state index contributed by atoms with van der Waals surface area (Å²) in [4.78, 5) is 6.96. The Morgan fingerprint density at radius 2 is 2.19 bits per heavy atom. The van der Waals surface area contributed by atoms with Crippen LogP contribution in [0, 0.1) is 6.92 Å². The van der Waals surface area contributed by atoms with Crippen LogP contribution >= 0.6 is 0 Å². The standard InChI is InChI=1S/C18H24N8/c1-3-4-13-10-26(8-7-20-13)18-16(19)24-25-17(21-18)12-5-6-15-14(9-12)11(2)22-23-15/h5-6,9,13,20H,3-4,7-8,10H2,1-2H3,(H2,19,24)(H,22,23)/t13-/m1/s1. The number of piperazine rings is 1. The number of nitrogens with two attached hydrogens (primary N) is 1. The van der Waals surface area contributed by atoms with Crippen molar-refractivity contribution in [2.45, 2.75) is 32.7 Å². The fourth-order valence-electron chi connectivity index (χ4n) is 3.52. The van der Waals surface area contributed by atoms with Crippen molar-refractivity contribution in [1.82, 2.24) is 30.7 Å². The summed E-state index contributed by atoms with van der Waals surface area (Å²) in [7, 11) is 0. The summed E-state index contributed by atoms with van der Waals surface area (Å²) in [6.07, 6.45) is 2.29. The topological polar surface area (TPSA) is 109 Å². The van der Waals surface area contributed by atoms with Crippen molar-refractivity contribution in [1.29, 1.82) is 0 Å². The van der Waals surface area contributed by atoms with Gasteiger partial charge in [0.05, 0.1) is 5.52 Å². The van der Waals surface area contributed by atoms with E-state index in [0.29, 0.717) is 17.7 Å². The number of nitrogen functional groups attached to an aromatic ring is 1. The van der Waals surface area contributed by atoms with Crippen molar-refractivity contribution < 1.29 is 0 Å². The van der Waals surface area contributed by atoms with Gasteiger partial charge in [-0.1, -0.05) is 13.3 Å². The maximum absolute atomic E-state index is 6.10. The lowest BCUT2D eigenvalue weighted by Crippen LogP contribution is -2.51. The van der Waals surface area contributed by atoms with Gasteiger partial charge < -0.3 is 16.0 Å². The van der Waals surface area contributed by atoms with Crippen LogP contribution in [0.15, 0.2) is 18.2 Å².